The average molecular weight is 243 g/mol. The first kappa shape index (κ1) is 14.5. The lowest BCUT2D eigenvalue weighted by molar-refractivity contribution is 0.135. The van der Waals surface area contributed by atoms with E-state index < -0.39 is 0 Å². The summed E-state index contributed by atoms with van der Waals surface area (Å²) in [6, 6.07) is 0.231. The molecule has 5 heteroatoms. The molecule has 4 N–H and O–H groups in total. The van der Waals surface area contributed by atoms with Gasteiger partial charge in [0.15, 0.2) is 0 Å². The van der Waals surface area contributed by atoms with Crippen molar-refractivity contribution in [3.05, 3.63) is 0 Å². The minimum Gasteiger partial charge on any atom is -0.393 e. The fourth-order valence-electron chi connectivity index (χ4n) is 2.75. The lowest BCUT2D eigenvalue weighted by atomic mass is 9.75. The minimum atomic E-state index is -0.141. The summed E-state index contributed by atoms with van der Waals surface area (Å²) in [7, 11) is 0. The van der Waals surface area contributed by atoms with Crippen LogP contribution in [-0.4, -0.2) is 30.3 Å². The summed E-state index contributed by atoms with van der Waals surface area (Å²) < 4.78 is 0. The van der Waals surface area contributed by atoms with E-state index in [9.17, 15) is 5.11 Å². The van der Waals surface area contributed by atoms with Crippen LogP contribution in [0.5, 0.6) is 0 Å². The molecule has 1 heterocycles. The van der Waals surface area contributed by atoms with Crippen LogP contribution in [0.25, 0.3) is 0 Å². The van der Waals surface area contributed by atoms with Crippen molar-refractivity contribution < 1.29 is 5.11 Å². The van der Waals surface area contributed by atoms with E-state index in [0.29, 0.717) is 0 Å². The number of hydrogen-bond donors (Lipinski definition) is 3. The first-order valence-electron chi connectivity index (χ1n) is 4.87. The summed E-state index contributed by atoms with van der Waals surface area (Å²) >= 11 is 0. The second kappa shape index (κ2) is 5.52. The van der Waals surface area contributed by atoms with Crippen molar-refractivity contribution in [2.45, 2.75) is 37.8 Å². The molecule has 1 saturated heterocycles. The highest BCUT2D eigenvalue weighted by Gasteiger charge is 2.45. The molecule has 0 aromatic carbocycles. The summed E-state index contributed by atoms with van der Waals surface area (Å²) in [6.07, 6.45) is 3.88. The normalized spacial score (nSPS) is 34.7. The van der Waals surface area contributed by atoms with Crippen LogP contribution in [0.1, 0.15) is 25.7 Å². The quantitative estimate of drug-likeness (QED) is 0.586. The highest BCUT2D eigenvalue weighted by molar-refractivity contribution is 5.85. The molecule has 0 radical (unpaired) electrons. The number of nitrogens with two attached hydrogens (primary N) is 1. The summed E-state index contributed by atoms with van der Waals surface area (Å²) in [5.74, 6) is 0. The van der Waals surface area contributed by atoms with Crippen LogP contribution in [0, 0.1) is 5.41 Å². The van der Waals surface area contributed by atoms with Gasteiger partial charge in [0.2, 0.25) is 0 Å². The Hall–Kier alpha value is 0.460. The van der Waals surface area contributed by atoms with Gasteiger partial charge < -0.3 is 16.2 Å². The predicted octanol–water partition coefficient (Wildman–Crippen LogP) is 0.682. The zero-order chi connectivity index (χ0) is 8.60. The third-order valence-corrected chi connectivity index (χ3v) is 3.55. The Balaban J connectivity index is 0.000000845. The van der Waals surface area contributed by atoms with Gasteiger partial charge in [-0.05, 0) is 44.2 Å². The molecule has 2 fully saturated rings. The van der Waals surface area contributed by atoms with E-state index in [0.717, 1.165) is 38.8 Å². The fourth-order valence-corrected chi connectivity index (χ4v) is 2.75. The molecule has 0 aromatic rings. The fraction of sp³-hybridized carbons (Fsp3) is 1.00. The molecule has 1 aliphatic heterocycles. The molecular weight excluding hydrogens is 223 g/mol. The van der Waals surface area contributed by atoms with E-state index in [1.807, 2.05) is 0 Å². The molecule has 2 rings (SSSR count). The molecule has 3 nitrogen and oxygen atoms in total. The van der Waals surface area contributed by atoms with Crippen LogP contribution < -0.4 is 11.1 Å². The van der Waals surface area contributed by atoms with E-state index in [2.05, 4.69) is 5.32 Å². The van der Waals surface area contributed by atoms with Gasteiger partial charge in [0, 0.05) is 6.04 Å². The molecule has 86 valence electrons. The number of nitrogens with one attached hydrogen (secondary N) is 1. The first-order valence-corrected chi connectivity index (χ1v) is 4.87. The Kier molecular flexibility index (Phi) is 5.70. The van der Waals surface area contributed by atoms with E-state index in [4.69, 9.17) is 5.73 Å². The van der Waals surface area contributed by atoms with E-state index in [1.165, 1.54) is 0 Å². The van der Waals surface area contributed by atoms with Crippen LogP contribution in [0.4, 0.5) is 0 Å². The Morgan fingerprint density at radius 3 is 2.21 bits per heavy atom. The smallest absolute Gasteiger partial charge is 0.0561 e. The lowest BCUT2D eigenvalue weighted by Gasteiger charge is -2.37. The van der Waals surface area contributed by atoms with Crippen molar-refractivity contribution in [1.29, 1.82) is 0 Å². The molecular formula is C9H20Cl2N2O. The predicted molar refractivity (Wildman–Crippen MR) is 62.2 cm³/mol. The Labute approximate surface area is 97.6 Å². The molecule has 14 heavy (non-hydrogen) atoms. The molecule has 2 atom stereocenters. The number of aliphatic hydroxyl groups is 1. The molecule has 0 unspecified atom stereocenters. The molecule has 1 aliphatic carbocycles. The highest BCUT2D eigenvalue weighted by Crippen LogP contribution is 2.43. The van der Waals surface area contributed by atoms with Gasteiger partial charge in [0.1, 0.15) is 0 Å². The van der Waals surface area contributed by atoms with Crippen molar-refractivity contribution >= 4 is 24.8 Å². The molecule has 0 bridgehead atoms. The van der Waals surface area contributed by atoms with E-state index in [1.54, 1.807) is 0 Å². The van der Waals surface area contributed by atoms with E-state index >= 15 is 0 Å². The van der Waals surface area contributed by atoms with Gasteiger partial charge in [0.25, 0.3) is 0 Å². The topological polar surface area (TPSA) is 58.3 Å². The van der Waals surface area contributed by atoms with Gasteiger partial charge in [-0.1, -0.05) is 0 Å². The van der Waals surface area contributed by atoms with Crippen LogP contribution in [0.15, 0.2) is 0 Å². The summed E-state index contributed by atoms with van der Waals surface area (Å²) in [5, 5.41) is 12.9. The van der Waals surface area contributed by atoms with Gasteiger partial charge in [-0.3, -0.25) is 0 Å². The summed E-state index contributed by atoms with van der Waals surface area (Å²) in [4.78, 5) is 0. The maximum absolute atomic E-state index is 9.52. The molecule has 1 spiro atoms. The second-order valence-electron chi connectivity index (χ2n) is 4.31. The van der Waals surface area contributed by atoms with Crippen molar-refractivity contribution in [1.82, 2.24) is 5.32 Å². The standard InChI is InChI=1S/C9H18N2O.2ClH/c10-8-5-7(12)6-9(8)1-3-11-4-2-9;;/h7-8,11-12H,1-6,10H2;2*1H/t7-,8+;;/m0../s1. The maximum Gasteiger partial charge on any atom is 0.0561 e. The molecule has 2 aliphatic rings. The second-order valence-corrected chi connectivity index (χ2v) is 4.31. The highest BCUT2D eigenvalue weighted by atomic mass is 35.5. The van der Waals surface area contributed by atoms with E-state index in [-0.39, 0.29) is 42.4 Å². The third-order valence-electron chi connectivity index (χ3n) is 3.55. The first-order chi connectivity index (χ1) is 5.73. The van der Waals surface area contributed by atoms with Crippen LogP contribution >= 0.6 is 24.8 Å². The minimum absolute atomic E-state index is 0. The molecule has 1 saturated carbocycles. The zero-order valence-electron chi connectivity index (χ0n) is 8.24. The SMILES string of the molecule is Cl.Cl.N[C@@H]1C[C@H](O)CC12CCNCC2. The van der Waals surface area contributed by atoms with Crippen molar-refractivity contribution in [3.63, 3.8) is 0 Å². The lowest BCUT2D eigenvalue weighted by Crippen LogP contribution is -2.45. The Morgan fingerprint density at radius 1 is 1.21 bits per heavy atom. The van der Waals surface area contributed by atoms with Gasteiger partial charge in [0.05, 0.1) is 6.10 Å². The number of aliphatic hydroxyl groups excluding tert-OH is 1. The number of halogens is 2. The van der Waals surface area contributed by atoms with Crippen molar-refractivity contribution in [2.75, 3.05) is 13.1 Å². The summed E-state index contributed by atoms with van der Waals surface area (Å²) in [5.41, 5.74) is 6.32. The average Bonchev–Trinajstić information content (AvgIpc) is 2.29. The third kappa shape index (κ3) is 2.52. The summed E-state index contributed by atoms with van der Waals surface area (Å²) in [6.45, 7) is 2.14. The largest absolute Gasteiger partial charge is 0.393 e. The van der Waals surface area contributed by atoms with Crippen LogP contribution in [-0.2, 0) is 0 Å². The van der Waals surface area contributed by atoms with Gasteiger partial charge in [-0.15, -0.1) is 24.8 Å². The molecule has 0 amide bonds. The molecule has 0 aromatic heterocycles. The van der Waals surface area contributed by atoms with Gasteiger partial charge in [-0.2, -0.15) is 0 Å². The maximum atomic E-state index is 9.52. The van der Waals surface area contributed by atoms with Crippen molar-refractivity contribution in [3.8, 4) is 0 Å². The number of piperidine rings is 1. The Morgan fingerprint density at radius 2 is 1.79 bits per heavy atom. The Bertz CT molecular complexity index is 174. The monoisotopic (exact) mass is 242 g/mol. The zero-order valence-corrected chi connectivity index (χ0v) is 9.87. The van der Waals surface area contributed by atoms with Gasteiger partial charge >= 0.3 is 0 Å². The van der Waals surface area contributed by atoms with Crippen molar-refractivity contribution in [2.24, 2.45) is 11.1 Å². The number of rotatable bonds is 0. The van der Waals surface area contributed by atoms with Crippen LogP contribution in [0.3, 0.4) is 0 Å². The number of hydrogen-bond acceptors (Lipinski definition) is 3. The van der Waals surface area contributed by atoms with Crippen LogP contribution in [0.2, 0.25) is 0 Å². The van der Waals surface area contributed by atoms with Gasteiger partial charge in [-0.25, -0.2) is 0 Å².